The van der Waals surface area contributed by atoms with Gasteiger partial charge in [-0.3, -0.25) is 13.9 Å². The van der Waals surface area contributed by atoms with Crippen LogP contribution in [0.1, 0.15) is 61.3 Å². The predicted molar refractivity (Wildman–Crippen MR) is 163 cm³/mol. The summed E-state index contributed by atoms with van der Waals surface area (Å²) in [5.41, 5.74) is 3.13. The van der Waals surface area contributed by atoms with Crippen molar-refractivity contribution >= 4 is 27.5 Å². The first-order chi connectivity index (χ1) is 20.0. The van der Waals surface area contributed by atoms with Gasteiger partial charge in [0.25, 0.3) is 10.0 Å². The summed E-state index contributed by atoms with van der Waals surface area (Å²) in [7, 11) is -4.17. The van der Waals surface area contributed by atoms with E-state index in [-0.39, 0.29) is 29.0 Å². The molecule has 9 heteroatoms. The lowest BCUT2D eigenvalue weighted by Gasteiger charge is -2.33. The van der Waals surface area contributed by atoms with Crippen molar-refractivity contribution in [3.63, 3.8) is 0 Å². The van der Waals surface area contributed by atoms with Gasteiger partial charge in [-0.15, -0.1) is 0 Å². The van der Waals surface area contributed by atoms with Gasteiger partial charge in [0.1, 0.15) is 18.4 Å². The summed E-state index contributed by atoms with van der Waals surface area (Å²) >= 11 is 0. The van der Waals surface area contributed by atoms with Gasteiger partial charge in [-0.05, 0) is 70.4 Å². The van der Waals surface area contributed by atoms with Gasteiger partial charge in [0, 0.05) is 18.2 Å². The molecule has 1 N–H and O–H groups in total. The second kappa shape index (κ2) is 13.5. The molecule has 4 rings (SSSR count). The number of sulfonamides is 1. The minimum Gasteiger partial charge on any atom is -0.352 e. The summed E-state index contributed by atoms with van der Waals surface area (Å²) in [5.74, 6) is -1.46. The SMILES string of the molecule is Cc1ccc(S(=O)(=O)N(CC(=O)N(Cc2ccccc2F)[C@H](C)C(=O)NC2CCCCC2)c2ccc(C)cc2C)cc1. The molecule has 0 saturated heterocycles. The van der Waals surface area contributed by atoms with E-state index >= 15 is 0 Å². The van der Waals surface area contributed by atoms with E-state index in [1.807, 2.05) is 19.9 Å². The fraction of sp³-hybridized carbons (Fsp3) is 0.394. The van der Waals surface area contributed by atoms with Gasteiger partial charge >= 0.3 is 0 Å². The van der Waals surface area contributed by atoms with Crippen molar-refractivity contribution in [3.8, 4) is 0 Å². The maximum Gasteiger partial charge on any atom is 0.264 e. The smallest absolute Gasteiger partial charge is 0.264 e. The number of halogens is 1. The lowest BCUT2D eigenvalue weighted by molar-refractivity contribution is -0.139. The highest BCUT2D eigenvalue weighted by molar-refractivity contribution is 7.92. The second-order valence-corrected chi connectivity index (χ2v) is 13.1. The van der Waals surface area contributed by atoms with Crippen molar-refractivity contribution < 1.29 is 22.4 Å². The molecule has 0 spiro atoms. The third-order valence-electron chi connectivity index (χ3n) is 7.93. The van der Waals surface area contributed by atoms with Crippen molar-refractivity contribution in [2.45, 2.75) is 83.3 Å². The van der Waals surface area contributed by atoms with E-state index in [1.54, 1.807) is 56.3 Å². The first kappa shape index (κ1) is 31.2. The molecule has 1 aliphatic carbocycles. The van der Waals surface area contributed by atoms with Gasteiger partial charge in [0.05, 0.1) is 10.6 Å². The Kier molecular flexibility index (Phi) is 10.0. The second-order valence-electron chi connectivity index (χ2n) is 11.2. The van der Waals surface area contributed by atoms with Gasteiger partial charge in [-0.25, -0.2) is 12.8 Å². The van der Waals surface area contributed by atoms with Crippen LogP contribution < -0.4 is 9.62 Å². The van der Waals surface area contributed by atoms with E-state index in [0.717, 1.165) is 47.5 Å². The topological polar surface area (TPSA) is 86.8 Å². The molecule has 1 saturated carbocycles. The quantitative estimate of drug-likeness (QED) is 0.321. The van der Waals surface area contributed by atoms with Crippen LogP contribution in [0, 0.1) is 26.6 Å². The average molecular weight is 594 g/mol. The normalized spacial score (nSPS) is 14.7. The minimum atomic E-state index is -4.17. The number of aryl methyl sites for hydroxylation is 3. The lowest BCUT2D eigenvalue weighted by Crippen LogP contribution is -2.53. The molecule has 1 atom stereocenters. The van der Waals surface area contributed by atoms with Crippen molar-refractivity contribution in [1.29, 1.82) is 0 Å². The van der Waals surface area contributed by atoms with Crippen molar-refractivity contribution in [3.05, 3.63) is 94.8 Å². The summed E-state index contributed by atoms with van der Waals surface area (Å²) in [4.78, 5) is 28.8. The number of anilines is 1. The van der Waals surface area contributed by atoms with Crippen LogP contribution in [0.3, 0.4) is 0 Å². The largest absolute Gasteiger partial charge is 0.352 e. The zero-order valence-electron chi connectivity index (χ0n) is 24.8. The fourth-order valence-electron chi connectivity index (χ4n) is 5.40. The van der Waals surface area contributed by atoms with Crippen LogP contribution in [0.15, 0.2) is 71.6 Å². The summed E-state index contributed by atoms with van der Waals surface area (Å²) in [6, 6.07) is 16.9. The molecule has 2 amide bonds. The van der Waals surface area contributed by atoms with Crippen LogP contribution in [-0.4, -0.2) is 43.8 Å². The van der Waals surface area contributed by atoms with Crippen LogP contribution in [0.25, 0.3) is 0 Å². The van der Waals surface area contributed by atoms with Crippen LogP contribution in [0.2, 0.25) is 0 Å². The first-order valence-electron chi connectivity index (χ1n) is 14.5. The number of nitrogens with zero attached hydrogens (tertiary/aromatic N) is 2. The standard InChI is InChI=1S/C33H40FN3O4S/c1-23-14-17-29(18-15-23)42(40,41)37(31-19-16-24(2)20-25(31)3)22-32(38)36(21-27-10-8-9-13-30(27)34)26(4)33(39)35-28-11-6-5-7-12-28/h8-10,13-20,26,28H,5-7,11-12,21-22H2,1-4H3,(H,35,39)/t26-/m1/s1. The zero-order valence-corrected chi connectivity index (χ0v) is 25.6. The van der Waals surface area contributed by atoms with E-state index in [4.69, 9.17) is 0 Å². The number of rotatable bonds is 10. The molecule has 0 aliphatic heterocycles. The highest BCUT2D eigenvalue weighted by Crippen LogP contribution is 2.29. The Morgan fingerprint density at radius 1 is 0.929 bits per heavy atom. The van der Waals surface area contributed by atoms with Gasteiger partial charge in [0.2, 0.25) is 11.8 Å². The third-order valence-corrected chi connectivity index (χ3v) is 9.70. The fourth-order valence-corrected chi connectivity index (χ4v) is 6.88. The monoisotopic (exact) mass is 593 g/mol. The Bertz CT molecular complexity index is 1520. The summed E-state index contributed by atoms with van der Waals surface area (Å²) < 4.78 is 43.9. The summed E-state index contributed by atoms with van der Waals surface area (Å²) in [5, 5.41) is 3.06. The number of hydrogen-bond acceptors (Lipinski definition) is 4. The Balaban J connectivity index is 1.71. The van der Waals surface area contributed by atoms with Gasteiger partial charge in [-0.2, -0.15) is 0 Å². The molecular formula is C33H40FN3O4S. The van der Waals surface area contributed by atoms with Crippen molar-refractivity contribution in [2.75, 3.05) is 10.8 Å². The number of carbonyl (C=O) groups is 2. The third kappa shape index (κ3) is 7.37. The Labute approximate surface area is 248 Å². The van der Waals surface area contributed by atoms with E-state index in [2.05, 4.69) is 5.32 Å². The molecule has 7 nitrogen and oxygen atoms in total. The van der Waals surface area contributed by atoms with Crippen LogP contribution in [0.4, 0.5) is 10.1 Å². The van der Waals surface area contributed by atoms with E-state index in [0.29, 0.717) is 11.3 Å². The Morgan fingerprint density at radius 2 is 1.57 bits per heavy atom. The van der Waals surface area contributed by atoms with E-state index < -0.39 is 34.3 Å². The molecule has 0 unspecified atom stereocenters. The number of nitrogens with one attached hydrogen (secondary N) is 1. The van der Waals surface area contributed by atoms with Gasteiger partial charge in [-0.1, -0.05) is 72.9 Å². The molecule has 1 aliphatic rings. The molecule has 0 radical (unpaired) electrons. The van der Waals surface area contributed by atoms with E-state index in [9.17, 15) is 22.4 Å². The van der Waals surface area contributed by atoms with Crippen molar-refractivity contribution in [2.24, 2.45) is 0 Å². The Hall–Kier alpha value is -3.72. The minimum absolute atomic E-state index is 0.0211. The first-order valence-corrected chi connectivity index (χ1v) is 15.9. The van der Waals surface area contributed by atoms with Gasteiger partial charge < -0.3 is 10.2 Å². The molecule has 3 aromatic carbocycles. The molecule has 0 bridgehead atoms. The maximum atomic E-state index is 14.8. The summed E-state index contributed by atoms with van der Waals surface area (Å²) in [6.07, 6.45) is 4.92. The average Bonchev–Trinajstić information content (AvgIpc) is 2.96. The number of amides is 2. The zero-order chi connectivity index (χ0) is 30.4. The van der Waals surface area contributed by atoms with Crippen LogP contribution in [0.5, 0.6) is 0 Å². The summed E-state index contributed by atoms with van der Waals surface area (Å²) in [6.45, 7) is 6.42. The molecular weight excluding hydrogens is 553 g/mol. The van der Waals surface area contributed by atoms with Crippen LogP contribution in [-0.2, 0) is 26.2 Å². The number of carbonyl (C=O) groups excluding carboxylic acids is 2. The maximum absolute atomic E-state index is 14.8. The lowest BCUT2D eigenvalue weighted by atomic mass is 9.95. The highest BCUT2D eigenvalue weighted by Gasteiger charge is 2.34. The Morgan fingerprint density at radius 3 is 2.21 bits per heavy atom. The molecule has 0 aromatic heterocycles. The molecule has 3 aromatic rings. The number of hydrogen-bond donors (Lipinski definition) is 1. The molecule has 224 valence electrons. The molecule has 42 heavy (non-hydrogen) atoms. The van der Waals surface area contributed by atoms with Gasteiger partial charge in [0.15, 0.2) is 0 Å². The van der Waals surface area contributed by atoms with Crippen LogP contribution >= 0.6 is 0 Å². The highest BCUT2D eigenvalue weighted by atomic mass is 32.2. The van der Waals surface area contributed by atoms with Crippen molar-refractivity contribution in [1.82, 2.24) is 10.2 Å². The van der Waals surface area contributed by atoms with E-state index in [1.165, 1.54) is 23.1 Å². The predicted octanol–water partition coefficient (Wildman–Crippen LogP) is 5.81. The molecule has 0 heterocycles. The molecule has 1 fully saturated rings. The number of benzene rings is 3.